The molecule has 0 amide bonds. The summed E-state index contributed by atoms with van der Waals surface area (Å²) in [5, 5.41) is 1.29. The van der Waals surface area contributed by atoms with Gasteiger partial charge in [-0.25, -0.2) is 0 Å². The third kappa shape index (κ3) is 1.96. The Kier molecular flexibility index (Phi) is 2.84. The smallest absolute Gasteiger partial charge is 0.104 e. The molecule has 2 N–H and O–H groups in total. The summed E-state index contributed by atoms with van der Waals surface area (Å²) >= 11 is 5.10. The Hall–Kier alpha value is -1.35. The highest BCUT2D eigenvalue weighted by Gasteiger charge is 2.39. The van der Waals surface area contributed by atoms with Crippen LogP contribution in [0.4, 0.5) is 0 Å². The molecule has 3 unspecified atom stereocenters. The summed E-state index contributed by atoms with van der Waals surface area (Å²) in [6.45, 7) is 1.16. The third-order valence-electron chi connectivity index (χ3n) is 5.37. The monoisotopic (exact) mass is 284 g/mol. The van der Waals surface area contributed by atoms with E-state index in [1.54, 1.807) is 0 Å². The molecule has 3 atom stereocenters. The molecule has 2 aromatic rings. The van der Waals surface area contributed by atoms with E-state index in [1.807, 2.05) is 6.07 Å². The first-order chi connectivity index (χ1) is 9.70. The Bertz CT molecular complexity index is 673. The lowest BCUT2D eigenvalue weighted by Gasteiger charge is -2.22. The van der Waals surface area contributed by atoms with Gasteiger partial charge in [-0.1, -0.05) is 30.8 Å². The van der Waals surface area contributed by atoms with Gasteiger partial charge in [0, 0.05) is 23.8 Å². The number of aromatic nitrogens is 1. The van der Waals surface area contributed by atoms with Gasteiger partial charge in [0.15, 0.2) is 0 Å². The van der Waals surface area contributed by atoms with E-state index in [-0.39, 0.29) is 0 Å². The molecule has 0 radical (unpaired) electrons. The molecule has 20 heavy (non-hydrogen) atoms. The largest absolute Gasteiger partial charge is 0.389 e. The summed E-state index contributed by atoms with van der Waals surface area (Å²) in [5.74, 6) is 2.85. The second-order valence-electron chi connectivity index (χ2n) is 6.54. The summed E-state index contributed by atoms with van der Waals surface area (Å²) in [6, 6.07) is 8.49. The first-order valence-electron chi connectivity index (χ1n) is 7.59. The van der Waals surface area contributed by atoms with Crippen molar-refractivity contribution in [3.63, 3.8) is 0 Å². The quantitative estimate of drug-likeness (QED) is 0.871. The molecule has 4 rings (SSSR count). The van der Waals surface area contributed by atoms with E-state index in [9.17, 15) is 0 Å². The molecule has 1 aromatic carbocycles. The van der Waals surface area contributed by atoms with Crippen LogP contribution in [-0.2, 0) is 6.54 Å². The maximum Gasteiger partial charge on any atom is 0.104 e. The Morgan fingerprint density at radius 1 is 1.25 bits per heavy atom. The van der Waals surface area contributed by atoms with E-state index in [0.717, 1.165) is 29.9 Å². The van der Waals surface area contributed by atoms with Gasteiger partial charge < -0.3 is 10.3 Å². The molecular formula is C17H20N2S. The summed E-state index contributed by atoms with van der Waals surface area (Å²) in [6.07, 6.45) is 8.05. The van der Waals surface area contributed by atoms with E-state index in [4.69, 9.17) is 18.0 Å². The average molecular weight is 284 g/mol. The Labute approximate surface area is 125 Å². The van der Waals surface area contributed by atoms with Crippen LogP contribution in [0.3, 0.4) is 0 Å². The van der Waals surface area contributed by atoms with Crippen molar-refractivity contribution in [2.75, 3.05) is 0 Å². The van der Waals surface area contributed by atoms with Gasteiger partial charge in [-0.3, -0.25) is 0 Å². The fourth-order valence-electron chi connectivity index (χ4n) is 4.35. The van der Waals surface area contributed by atoms with Crippen LogP contribution >= 0.6 is 12.2 Å². The molecule has 2 aliphatic rings. The number of nitrogens with two attached hydrogens (primary N) is 1. The topological polar surface area (TPSA) is 30.9 Å². The van der Waals surface area contributed by atoms with Gasteiger partial charge in [0.1, 0.15) is 4.99 Å². The Balaban J connectivity index is 1.66. The van der Waals surface area contributed by atoms with Crippen molar-refractivity contribution in [2.45, 2.75) is 32.2 Å². The number of fused-ring (bicyclic) bond motifs is 3. The van der Waals surface area contributed by atoms with Crippen molar-refractivity contribution < 1.29 is 0 Å². The van der Waals surface area contributed by atoms with Crippen molar-refractivity contribution in [3.8, 4) is 0 Å². The number of benzene rings is 1. The van der Waals surface area contributed by atoms with Crippen molar-refractivity contribution >= 4 is 28.1 Å². The summed E-state index contributed by atoms with van der Waals surface area (Å²) in [4.78, 5) is 0.486. The lowest BCUT2D eigenvalue weighted by molar-refractivity contribution is 0.299. The lowest BCUT2D eigenvalue weighted by Crippen LogP contribution is -2.17. The highest BCUT2D eigenvalue weighted by atomic mass is 32.1. The molecule has 2 aliphatic carbocycles. The van der Waals surface area contributed by atoms with Gasteiger partial charge in [0.05, 0.1) is 0 Å². The zero-order chi connectivity index (χ0) is 13.7. The van der Waals surface area contributed by atoms with Crippen molar-refractivity contribution in [3.05, 3.63) is 36.0 Å². The van der Waals surface area contributed by atoms with Gasteiger partial charge in [-0.05, 0) is 54.5 Å². The molecule has 0 saturated heterocycles. The van der Waals surface area contributed by atoms with Crippen LogP contribution in [0.5, 0.6) is 0 Å². The molecular weight excluding hydrogens is 264 g/mol. The van der Waals surface area contributed by atoms with Gasteiger partial charge in [0.2, 0.25) is 0 Å². The second-order valence-corrected chi connectivity index (χ2v) is 6.98. The Morgan fingerprint density at radius 2 is 2.15 bits per heavy atom. The van der Waals surface area contributed by atoms with Crippen LogP contribution in [0, 0.1) is 17.8 Å². The number of thiocarbonyl (C=S) groups is 1. The maximum atomic E-state index is 5.76. The van der Waals surface area contributed by atoms with Crippen molar-refractivity contribution in [1.29, 1.82) is 0 Å². The minimum absolute atomic E-state index is 0.486. The first kappa shape index (κ1) is 12.4. The number of nitrogens with zero attached hydrogens (tertiary/aromatic N) is 1. The predicted octanol–water partition coefficient (Wildman–Crippen LogP) is 3.71. The van der Waals surface area contributed by atoms with Crippen LogP contribution in [-0.4, -0.2) is 9.56 Å². The van der Waals surface area contributed by atoms with E-state index < -0.39 is 0 Å². The van der Waals surface area contributed by atoms with Crippen LogP contribution < -0.4 is 5.73 Å². The first-order valence-corrected chi connectivity index (χ1v) is 8.00. The zero-order valence-electron chi connectivity index (χ0n) is 11.6. The molecule has 0 spiro atoms. The van der Waals surface area contributed by atoms with Crippen LogP contribution in [0.2, 0.25) is 0 Å². The second kappa shape index (κ2) is 4.59. The zero-order valence-corrected chi connectivity index (χ0v) is 12.4. The fourth-order valence-corrected chi connectivity index (χ4v) is 4.48. The molecule has 1 heterocycles. The van der Waals surface area contributed by atoms with E-state index in [1.165, 1.54) is 36.6 Å². The molecule has 2 bridgehead atoms. The normalized spacial score (nSPS) is 28.3. The average Bonchev–Trinajstić information content (AvgIpc) is 3.14. The van der Waals surface area contributed by atoms with E-state index in [2.05, 4.69) is 29.0 Å². The summed E-state index contributed by atoms with van der Waals surface area (Å²) in [5.41, 5.74) is 8.01. The SMILES string of the molecule is NC(=S)c1ccc2ccn(CC3CC4CCC3C4)c2c1. The van der Waals surface area contributed by atoms with Gasteiger partial charge >= 0.3 is 0 Å². The molecule has 0 aliphatic heterocycles. The minimum Gasteiger partial charge on any atom is -0.389 e. The summed E-state index contributed by atoms with van der Waals surface area (Å²) < 4.78 is 2.41. The highest BCUT2D eigenvalue weighted by Crippen LogP contribution is 2.49. The van der Waals surface area contributed by atoms with Crippen molar-refractivity contribution in [1.82, 2.24) is 4.57 Å². The predicted molar refractivity (Wildman–Crippen MR) is 86.8 cm³/mol. The van der Waals surface area contributed by atoms with Crippen LogP contribution in [0.15, 0.2) is 30.5 Å². The lowest BCUT2D eigenvalue weighted by atomic mass is 9.89. The highest BCUT2D eigenvalue weighted by molar-refractivity contribution is 7.80. The summed E-state index contributed by atoms with van der Waals surface area (Å²) in [7, 11) is 0. The number of hydrogen-bond acceptors (Lipinski definition) is 1. The molecule has 104 valence electrons. The number of rotatable bonds is 3. The maximum absolute atomic E-state index is 5.76. The molecule has 1 aromatic heterocycles. The minimum atomic E-state index is 0.486. The Morgan fingerprint density at radius 3 is 2.85 bits per heavy atom. The van der Waals surface area contributed by atoms with E-state index in [0.29, 0.717) is 4.99 Å². The van der Waals surface area contributed by atoms with E-state index >= 15 is 0 Å². The van der Waals surface area contributed by atoms with Gasteiger partial charge in [-0.2, -0.15) is 0 Å². The van der Waals surface area contributed by atoms with Gasteiger partial charge in [-0.15, -0.1) is 0 Å². The van der Waals surface area contributed by atoms with Crippen molar-refractivity contribution in [2.24, 2.45) is 23.5 Å². The van der Waals surface area contributed by atoms with Crippen LogP contribution in [0.1, 0.15) is 31.2 Å². The third-order valence-corrected chi connectivity index (χ3v) is 5.61. The standard InChI is InChI=1S/C17H20N2S/c18-17(20)14-4-3-12-5-6-19(16(12)9-14)10-15-8-11-1-2-13(15)7-11/h3-6,9,11,13,15H,1-2,7-8,10H2,(H2,18,20). The molecule has 2 nitrogen and oxygen atoms in total. The number of hydrogen-bond donors (Lipinski definition) is 1. The molecule has 2 fully saturated rings. The van der Waals surface area contributed by atoms with Crippen LogP contribution in [0.25, 0.3) is 10.9 Å². The van der Waals surface area contributed by atoms with Gasteiger partial charge in [0.25, 0.3) is 0 Å². The molecule has 2 saturated carbocycles. The fraction of sp³-hybridized carbons (Fsp3) is 0.471. The molecule has 3 heteroatoms.